The van der Waals surface area contributed by atoms with Crippen molar-refractivity contribution >= 4 is 109 Å². The topological polar surface area (TPSA) is 61.4 Å². The highest BCUT2D eigenvalue weighted by Crippen LogP contribution is 2.58. The number of para-hydroxylation sites is 4. The number of hydrogen-bond donors (Lipinski definition) is 0. The molecule has 0 unspecified atom stereocenters. The quantitative estimate of drug-likeness (QED) is 0.142. The number of nitrogens with zero attached hydrogens (tertiary/aromatic N) is 6. The van der Waals surface area contributed by atoms with Gasteiger partial charge >= 0.3 is 0 Å². The van der Waals surface area contributed by atoms with E-state index in [1.165, 1.54) is 171 Å². The fourth-order valence-corrected chi connectivity index (χ4v) is 19.6. The lowest BCUT2D eigenvalue weighted by molar-refractivity contribution is 0.661. The van der Waals surface area contributed by atoms with Gasteiger partial charge < -0.3 is 9.13 Å². The molecule has 114 heavy (non-hydrogen) atoms. The van der Waals surface area contributed by atoms with E-state index in [2.05, 4.69) is 387 Å². The van der Waals surface area contributed by atoms with Gasteiger partial charge in [-0.15, -0.1) is 0 Å². The summed E-state index contributed by atoms with van der Waals surface area (Å²) in [6, 6.07) is 134. The van der Waals surface area contributed by atoms with Crippen molar-refractivity contribution in [3.8, 4) is 78.1 Å². The minimum absolute atomic E-state index is 0.153. The van der Waals surface area contributed by atoms with Gasteiger partial charge in [-0.25, -0.2) is 0 Å². The summed E-state index contributed by atoms with van der Waals surface area (Å²) in [7, 11) is 0. The van der Waals surface area contributed by atoms with Crippen LogP contribution in [0.5, 0.6) is 0 Å². The van der Waals surface area contributed by atoms with Gasteiger partial charge in [0.05, 0.1) is 49.5 Å². The molecule has 0 fully saturated rings. The molecule has 0 saturated carbocycles. The second-order valence-corrected chi connectivity index (χ2v) is 31.1. The van der Waals surface area contributed by atoms with E-state index < -0.39 is 5.41 Å². The van der Waals surface area contributed by atoms with E-state index in [9.17, 15) is 0 Å². The minimum Gasteiger partial charge on any atom is -0.309 e. The van der Waals surface area contributed by atoms with Gasteiger partial charge in [0.25, 0.3) is 0 Å². The highest BCUT2D eigenvalue weighted by molar-refractivity contribution is 6.25. The fourth-order valence-electron chi connectivity index (χ4n) is 19.6. The van der Waals surface area contributed by atoms with Gasteiger partial charge in [0.2, 0.25) is 0 Å². The van der Waals surface area contributed by atoms with Crippen molar-refractivity contribution in [3.05, 3.63) is 422 Å². The van der Waals surface area contributed by atoms with E-state index in [1.807, 2.05) is 0 Å². The Labute approximate surface area is 658 Å². The molecule has 22 aromatic rings. The van der Waals surface area contributed by atoms with Crippen LogP contribution in [-0.2, 0) is 10.8 Å². The first kappa shape index (κ1) is 65.2. The van der Waals surface area contributed by atoms with Crippen molar-refractivity contribution < 1.29 is 0 Å². The van der Waals surface area contributed by atoms with E-state index in [0.717, 1.165) is 49.3 Å². The molecule has 2 aliphatic rings. The van der Waals surface area contributed by atoms with Crippen molar-refractivity contribution in [2.24, 2.45) is 0 Å². The van der Waals surface area contributed by atoms with Crippen molar-refractivity contribution in [2.75, 3.05) is 0 Å². The Bertz CT molecular complexity index is 7640. The van der Waals surface area contributed by atoms with E-state index >= 15 is 0 Å². The molecule has 0 bridgehead atoms. The monoisotopic (exact) mass is 1450 g/mol. The number of fused-ring (bicyclic) bond motifs is 24. The third kappa shape index (κ3) is 9.80. The summed E-state index contributed by atoms with van der Waals surface area (Å²) in [4.78, 5) is 19.1. The zero-order valence-electron chi connectivity index (χ0n) is 62.6. The molecule has 532 valence electrons. The maximum absolute atomic E-state index is 4.83. The van der Waals surface area contributed by atoms with Crippen LogP contribution in [0.3, 0.4) is 0 Å². The normalized spacial score (nSPS) is 13.1. The van der Waals surface area contributed by atoms with E-state index in [4.69, 9.17) is 19.9 Å². The van der Waals surface area contributed by atoms with Crippen molar-refractivity contribution in [3.63, 3.8) is 0 Å². The van der Waals surface area contributed by atoms with E-state index in [1.54, 1.807) is 24.8 Å². The average molecular weight is 1450 g/mol. The Hall–Kier alpha value is -14.7. The molecule has 6 heteroatoms. The Kier molecular flexibility index (Phi) is 14.5. The minimum atomic E-state index is -0.567. The molecule has 18 aromatic carbocycles. The number of rotatable bonds is 8. The maximum atomic E-state index is 4.83. The number of benzene rings is 18. The summed E-state index contributed by atoms with van der Waals surface area (Å²) < 4.78 is 4.76. The van der Waals surface area contributed by atoms with Crippen LogP contribution >= 0.6 is 0 Å². The van der Waals surface area contributed by atoms with Gasteiger partial charge in [0, 0.05) is 84.7 Å². The summed E-state index contributed by atoms with van der Waals surface area (Å²) >= 11 is 0. The molecule has 0 amide bonds. The van der Waals surface area contributed by atoms with Crippen molar-refractivity contribution in [1.29, 1.82) is 0 Å². The second-order valence-electron chi connectivity index (χ2n) is 31.1. The Morgan fingerprint density at radius 1 is 0.202 bits per heavy atom. The fraction of sp³-hybridized carbons (Fsp3) is 0.0370. The molecular formula is C108H70N6. The van der Waals surface area contributed by atoms with Crippen LogP contribution in [-0.4, -0.2) is 29.1 Å². The number of hydrogen-bond acceptors (Lipinski definition) is 4. The van der Waals surface area contributed by atoms with Gasteiger partial charge in [-0.05, 0) is 219 Å². The number of aromatic nitrogens is 6. The summed E-state index contributed by atoms with van der Waals surface area (Å²) in [6.45, 7) is 4.75. The summed E-state index contributed by atoms with van der Waals surface area (Å²) in [5.74, 6) is 0. The average Bonchev–Trinajstić information content (AvgIpc) is 1.51. The summed E-state index contributed by atoms with van der Waals surface area (Å²) in [5, 5.41) is 14.3. The predicted molar refractivity (Wildman–Crippen MR) is 474 cm³/mol. The SMILES string of the molecule is CC1(C)c2cc(-c3ccc4c(c3)c3ccccc3c3nccnc43)ccc2-c2ccc(-c3ccc4c(c3)c3ccccc3n4-c3ccccc3)cc21.c1ccc(-n2c3ccccc3c3cc(-c4ccc5c(c4)C(c4ccccc4)(c4ccccc4)c4cc(-c6ccc7c(c6)c6ccccc6c6nccnc76)ccc4-5)ccc32)cc1. The Morgan fingerprint density at radius 3 is 0.842 bits per heavy atom. The zero-order valence-corrected chi connectivity index (χ0v) is 62.6. The molecule has 0 saturated heterocycles. The van der Waals surface area contributed by atoms with Gasteiger partial charge in [-0.2, -0.15) is 0 Å². The lowest BCUT2D eigenvalue weighted by Gasteiger charge is -2.34. The van der Waals surface area contributed by atoms with E-state index in [-0.39, 0.29) is 5.41 Å². The largest absolute Gasteiger partial charge is 0.309 e. The van der Waals surface area contributed by atoms with Crippen LogP contribution in [0.1, 0.15) is 47.2 Å². The highest BCUT2D eigenvalue weighted by atomic mass is 15.0. The zero-order chi connectivity index (χ0) is 75.3. The maximum Gasteiger partial charge on any atom is 0.0971 e. The Morgan fingerprint density at radius 2 is 0.465 bits per heavy atom. The molecule has 4 aromatic heterocycles. The Balaban J connectivity index is 0.000000137. The summed E-state index contributed by atoms with van der Waals surface area (Å²) in [5.41, 5.74) is 32.9. The van der Waals surface area contributed by atoms with Crippen LogP contribution < -0.4 is 0 Å². The third-order valence-corrected chi connectivity index (χ3v) is 24.8. The van der Waals surface area contributed by atoms with Gasteiger partial charge in [0.15, 0.2) is 0 Å². The van der Waals surface area contributed by atoms with Gasteiger partial charge in [-0.1, -0.05) is 281 Å². The third-order valence-electron chi connectivity index (χ3n) is 24.8. The van der Waals surface area contributed by atoms with Gasteiger partial charge in [-0.3, -0.25) is 19.9 Å². The summed E-state index contributed by atoms with van der Waals surface area (Å²) in [6.07, 6.45) is 7.16. The first-order chi connectivity index (χ1) is 56.3. The van der Waals surface area contributed by atoms with Gasteiger partial charge in [0.1, 0.15) is 0 Å². The first-order valence-electron chi connectivity index (χ1n) is 39.3. The second kappa shape index (κ2) is 25.4. The molecule has 24 rings (SSSR count). The molecule has 0 spiro atoms. The van der Waals surface area contributed by atoms with Crippen molar-refractivity contribution in [1.82, 2.24) is 29.1 Å². The van der Waals surface area contributed by atoms with Crippen LogP contribution in [0.25, 0.3) is 187 Å². The highest BCUT2D eigenvalue weighted by Gasteiger charge is 2.47. The van der Waals surface area contributed by atoms with Crippen LogP contribution in [0.2, 0.25) is 0 Å². The van der Waals surface area contributed by atoms with Crippen LogP contribution in [0, 0.1) is 0 Å². The molecular weight excluding hydrogens is 1380 g/mol. The van der Waals surface area contributed by atoms with Crippen LogP contribution in [0.15, 0.2) is 389 Å². The molecule has 0 atom stereocenters. The lowest BCUT2D eigenvalue weighted by atomic mass is 9.67. The molecule has 6 nitrogen and oxygen atoms in total. The predicted octanol–water partition coefficient (Wildman–Crippen LogP) is 27.4. The molecule has 2 aliphatic carbocycles. The van der Waals surface area contributed by atoms with E-state index in [0.29, 0.717) is 0 Å². The smallest absolute Gasteiger partial charge is 0.0971 e. The van der Waals surface area contributed by atoms with Crippen molar-refractivity contribution in [2.45, 2.75) is 24.7 Å². The first-order valence-corrected chi connectivity index (χ1v) is 39.3. The molecule has 0 aliphatic heterocycles. The van der Waals surface area contributed by atoms with Crippen LogP contribution in [0.4, 0.5) is 0 Å². The molecule has 0 N–H and O–H groups in total. The standard InChI is InChI=1S/C59H37N3.C49H33N3/c1-4-14-42(15-5-1)59(43-16-6-2-7-17-43)53-36-40(38-26-30-50-51(34-38)45-20-10-11-22-49(45)57-58(50)61-33-32-60-57)24-28-46(53)47-29-25-41(37-54(47)59)39-27-31-56-52(35-39)48-21-12-13-23-55(48)62(56)44-18-8-3-9-19-44;1-49(2)43-28-32(30-18-22-40-41(26-30)35-12-6-7-14-39(35)47-48(40)51-25-24-50-47)16-20-36(43)37-21-17-33(29-44(37)49)31-19-23-46-42(27-31)38-13-8-9-15-45(38)52(46)34-10-4-3-5-11-34/h1-37H;3-29H,1-2H3. The molecule has 4 heterocycles. The lowest BCUT2D eigenvalue weighted by Crippen LogP contribution is -2.28. The molecule has 0 radical (unpaired) electrons.